The van der Waals surface area contributed by atoms with Crippen LogP contribution in [0.2, 0.25) is 0 Å². The van der Waals surface area contributed by atoms with Gasteiger partial charge in [-0.2, -0.15) is 0 Å². The van der Waals surface area contributed by atoms with Crippen molar-refractivity contribution in [2.75, 3.05) is 11.9 Å². The number of aryl methyl sites for hydroxylation is 1. The van der Waals surface area contributed by atoms with Gasteiger partial charge in [0.05, 0.1) is 27.8 Å². The van der Waals surface area contributed by atoms with Crippen molar-refractivity contribution >= 4 is 34.5 Å². The summed E-state index contributed by atoms with van der Waals surface area (Å²) in [5, 5.41) is 5.56. The van der Waals surface area contributed by atoms with E-state index in [1.165, 1.54) is 0 Å². The molecule has 4 aromatic rings. The molecule has 1 heterocycles. The summed E-state index contributed by atoms with van der Waals surface area (Å²) < 4.78 is 7.23. The van der Waals surface area contributed by atoms with Gasteiger partial charge >= 0.3 is 5.97 Å². The molecule has 0 unspecified atom stereocenters. The molecule has 8 heteroatoms. The minimum Gasteiger partial charge on any atom is -0.452 e. The summed E-state index contributed by atoms with van der Waals surface area (Å²) in [6, 6.07) is 21.9. The number of imidazole rings is 1. The Balaban J connectivity index is 1.25. The summed E-state index contributed by atoms with van der Waals surface area (Å²) in [5.41, 5.74) is 3.53. The van der Waals surface area contributed by atoms with Crippen LogP contribution >= 0.6 is 0 Å². The normalized spacial score (nSPS) is 12.8. The molecule has 1 aliphatic carbocycles. The highest BCUT2D eigenvalue weighted by atomic mass is 16.5. The fourth-order valence-corrected chi connectivity index (χ4v) is 3.91. The molecule has 0 saturated heterocycles. The molecule has 1 aliphatic rings. The van der Waals surface area contributed by atoms with Crippen LogP contribution in [0.1, 0.15) is 39.4 Å². The van der Waals surface area contributed by atoms with Gasteiger partial charge in [-0.3, -0.25) is 14.2 Å². The van der Waals surface area contributed by atoms with Gasteiger partial charge < -0.3 is 15.4 Å². The van der Waals surface area contributed by atoms with Crippen LogP contribution < -0.4 is 10.6 Å². The number of carbonyl (C=O) groups is 3. The average Bonchev–Trinajstić information content (AvgIpc) is 3.62. The second-order valence-electron chi connectivity index (χ2n) is 8.45. The summed E-state index contributed by atoms with van der Waals surface area (Å²) in [7, 11) is 0. The van der Waals surface area contributed by atoms with Crippen molar-refractivity contribution in [3.8, 4) is 5.69 Å². The maximum Gasteiger partial charge on any atom is 0.338 e. The van der Waals surface area contributed by atoms with Crippen molar-refractivity contribution in [1.82, 2.24) is 14.9 Å². The van der Waals surface area contributed by atoms with Crippen molar-refractivity contribution in [2.24, 2.45) is 0 Å². The third-order valence-electron chi connectivity index (χ3n) is 5.76. The first-order valence-electron chi connectivity index (χ1n) is 11.4. The van der Waals surface area contributed by atoms with E-state index in [1.54, 1.807) is 36.4 Å². The largest absolute Gasteiger partial charge is 0.452 e. The summed E-state index contributed by atoms with van der Waals surface area (Å²) in [6.45, 7) is 1.42. The summed E-state index contributed by atoms with van der Waals surface area (Å²) in [4.78, 5) is 42.0. The predicted molar refractivity (Wildman–Crippen MR) is 132 cm³/mol. The molecule has 0 bridgehead atoms. The molecule has 5 rings (SSSR count). The van der Waals surface area contributed by atoms with Crippen LogP contribution in [-0.4, -0.2) is 40.0 Å². The Kier molecular flexibility index (Phi) is 6.01. The van der Waals surface area contributed by atoms with Gasteiger partial charge in [0.15, 0.2) is 6.61 Å². The SMILES string of the molecule is Cc1nc2cc(C(=O)OCC(=O)Nc3ccccc3C(=O)NC3CC3)ccc2n1-c1ccccc1. The van der Waals surface area contributed by atoms with Crippen molar-refractivity contribution in [2.45, 2.75) is 25.8 Å². The lowest BCUT2D eigenvalue weighted by molar-refractivity contribution is -0.119. The maximum atomic E-state index is 12.6. The van der Waals surface area contributed by atoms with Gasteiger partial charge in [-0.15, -0.1) is 0 Å². The van der Waals surface area contributed by atoms with E-state index in [2.05, 4.69) is 15.6 Å². The third kappa shape index (κ3) is 4.91. The first kappa shape index (κ1) is 22.3. The van der Waals surface area contributed by atoms with E-state index in [0.717, 1.165) is 29.9 Å². The Morgan fingerprint density at radius 1 is 1.00 bits per heavy atom. The fraction of sp³-hybridized carbons (Fsp3) is 0.185. The quantitative estimate of drug-likeness (QED) is 0.399. The van der Waals surface area contributed by atoms with Gasteiger partial charge in [-0.25, -0.2) is 9.78 Å². The Morgan fingerprint density at radius 2 is 1.74 bits per heavy atom. The molecule has 1 saturated carbocycles. The smallest absolute Gasteiger partial charge is 0.338 e. The zero-order valence-corrected chi connectivity index (χ0v) is 19.2. The standard InChI is InChI=1S/C27H24N4O4/c1-17-28-23-15-18(11-14-24(23)31(17)20-7-3-2-4-8-20)27(34)35-16-25(32)30-22-10-6-5-9-21(22)26(33)29-19-12-13-19/h2-11,14-15,19H,12-13,16H2,1H3,(H,29,33)(H,30,32). The molecule has 35 heavy (non-hydrogen) atoms. The van der Waals surface area contributed by atoms with Gasteiger partial charge in [0.1, 0.15) is 5.82 Å². The van der Waals surface area contributed by atoms with Crippen LogP contribution in [0, 0.1) is 6.92 Å². The number of nitrogens with one attached hydrogen (secondary N) is 2. The maximum absolute atomic E-state index is 12.6. The number of aromatic nitrogens is 2. The molecule has 1 aromatic heterocycles. The highest BCUT2D eigenvalue weighted by Crippen LogP contribution is 2.23. The number of esters is 1. The zero-order valence-electron chi connectivity index (χ0n) is 19.2. The van der Waals surface area contributed by atoms with Gasteiger partial charge in [0.2, 0.25) is 0 Å². The number of carbonyl (C=O) groups excluding carboxylic acids is 3. The Labute approximate surface area is 201 Å². The van der Waals surface area contributed by atoms with E-state index in [1.807, 2.05) is 47.9 Å². The first-order valence-corrected chi connectivity index (χ1v) is 11.4. The van der Waals surface area contributed by atoms with Gasteiger partial charge in [0, 0.05) is 11.7 Å². The monoisotopic (exact) mass is 468 g/mol. The van der Waals surface area contributed by atoms with Gasteiger partial charge in [-0.05, 0) is 62.2 Å². The number of hydrogen-bond acceptors (Lipinski definition) is 5. The third-order valence-corrected chi connectivity index (χ3v) is 5.76. The lowest BCUT2D eigenvalue weighted by Crippen LogP contribution is -2.28. The second kappa shape index (κ2) is 9.42. The molecular formula is C27H24N4O4. The van der Waals surface area contributed by atoms with Gasteiger partial charge in [-0.1, -0.05) is 30.3 Å². The van der Waals surface area contributed by atoms with E-state index in [9.17, 15) is 14.4 Å². The summed E-state index contributed by atoms with van der Waals surface area (Å²) in [6.07, 6.45) is 1.93. The van der Waals surface area contributed by atoms with E-state index in [-0.39, 0.29) is 11.9 Å². The number of benzene rings is 3. The number of fused-ring (bicyclic) bond motifs is 1. The Morgan fingerprint density at radius 3 is 2.51 bits per heavy atom. The molecule has 176 valence electrons. The molecule has 8 nitrogen and oxygen atoms in total. The molecule has 2 N–H and O–H groups in total. The molecule has 0 aliphatic heterocycles. The predicted octanol–water partition coefficient (Wildman–Crippen LogP) is 4.02. The van der Waals surface area contributed by atoms with Crippen LogP contribution in [0.3, 0.4) is 0 Å². The second-order valence-corrected chi connectivity index (χ2v) is 8.45. The number of ether oxygens (including phenoxy) is 1. The molecule has 0 spiro atoms. The van der Waals surface area contributed by atoms with E-state index < -0.39 is 18.5 Å². The van der Waals surface area contributed by atoms with Crippen molar-refractivity contribution in [3.63, 3.8) is 0 Å². The van der Waals surface area contributed by atoms with Crippen molar-refractivity contribution in [1.29, 1.82) is 0 Å². The van der Waals surface area contributed by atoms with Gasteiger partial charge in [0.25, 0.3) is 11.8 Å². The summed E-state index contributed by atoms with van der Waals surface area (Å²) in [5.74, 6) is -0.608. The van der Waals surface area contributed by atoms with Crippen LogP contribution in [0.15, 0.2) is 72.8 Å². The van der Waals surface area contributed by atoms with Crippen molar-refractivity contribution in [3.05, 3.63) is 89.7 Å². The lowest BCUT2D eigenvalue weighted by atomic mass is 10.1. The van der Waals surface area contributed by atoms with Crippen LogP contribution in [0.25, 0.3) is 16.7 Å². The number of amides is 2. The summed E-state index contributed by atoms with van der Waals surface area (Å²) >= 11 is 0. The molecule has 3 aromatic carbocycles. The highest BCUT2D eigenvalue weighted by Gasteiger charge is 2.25. The first-order chi connectivity index (χ1) is 17.0. The van der Waals surface area contributed by atoms with Crippen LogP contribution in [-0.2, 0) is 9.53 Å². The molecule has 0 radical (unpaired) electrons. The minimum absolute atomic E-state index is 0.201. The number of rotatable bonds is 7. The van der Waals surface area contributed by atoms with E-state index in [0.29, 0.717) is 22.3 Å². The molecular weight excluding hydrogens is 444 g/mol. The lowest BCUT2D eigenvalue weighted by Gasteiger charge is -2.11. The van der Waals surface area contributed by atoms with E-state index >= 15 is 0 Å². The number of nitrogens with zero attached hydrogens (tertiary/aromatic N) is 2. The van der Waals surface area contributed by atoms with Crippen LogP contribution in [0.5, 0.6) is 0 Å². The molecule has 0 atom stereocenters. The fourth-order valence-electron chi connectivity index (χ4n) is 3.91. The van der Waals surface area contributed by atoms with E-state index in [4.69, 9.17) is 4.74 Å². The molecule has 1 fully saturated rings. The number of anilines is 1. The average molecular weight is 469 g/mol. The topological polar surface area (TPSA) is 102 Å². The minimum atomic E-state index is -0.631. The van der Waals surface area contributed by atoms with Crippen molar-refractivity contribution < 1.29 is 19.1 Å². The number of hydrogen-bond donors (Lipinski definition) is 2. The highest BCUT2D eigenvalue weighted by molar-refractivity contribution is 6.04. The Bertz CT molecular complexity index is 1420. The zero-order chi connectivity index (χ0) is 24.4. The Hall–Kier alpha value is -4.46. The molecule has 2 amide bonds. The number of para-hydroxylation sites is 2. The van der Waals surface area contributed by atoms with Crippen LogP contribution in [0.4, 0.5) is 5.69 Å².